The lowest BCUT2D eigenvalue weighted by Gasteiger charge is -2.13. The number of hydrogen-bond donors (Lipinski definition) is 1. The van der Waals surface area contributed by atoms with E-state index in [4.69, 9.17) is 9.47 Å². The summed E-state index contributed by atoms with van der Waals surface area (Å²) in [5.41, 5.74) is 5.14. The molecule has 0 saturated heterocycles. The normalized spacial score (nSPS) is 11.2. The summed E-state index contributed by atoms with van der Waals surface area (Å²) in [5, 5.41) is 2.93. The number of nitrogens with one attached hydrogen (secondary N) is 1. The molecule has 0 unspecified atom stereocenters. The van der Waals surface area contributed by atoms with Crippen LogP contribution >= 0.6 is 0 Å². The average Bonchev–Trinajstić information content (AvgIpc) is 2.95. The summed E-state index contributed by atoms with van der Waals surface area (Å²) in [7, 11) is -0.635. The summed E-state index contributed by atoms with van der Waals surface area (Å²) in [4.78, 5) is 12.6. The molecule has 0 spiro atoms. The summed E-state index contributed by atoms with van der Waals surface area (Å²) < 4.78 is 37.7. The van der Waals surface area contributed by atoms with Crippen molar-refractivity contribution in [3.8, 4) is 22.6 Å². The van der Waals surface area contributed by atoms with Crippen LogP contribution in [0.5, 0.6) is 11.5 Å². The molecule has 0 aromatic heterocycles. The van der Waals surface area contributed by atoms with Gasteiger partial charge in [-0.25, -0.2) is 8.42 Å². The Labute approximate surface area is 230 Å². The SMILES string of the molecule is COc1cccc(C(=O)NCCCc2cccc(CS(=O)(=O)c3cc(-c4ccccc4C)ccc3OC)c2)c1. The minimum absolute atomic E-state index is 0.138. The molecule has 4 aromatic carbocycles. The summed E-state index contributed by atoms with van der Waals surface area (Å²) in [5.74, 6) is 0.668. The van der Waals surface area contributed by atoms with Gasteiger partial charge in [0.15, 0.2) is 9.84 Å². The largest absolute Gasteiger partial charge is 0.497 e. The maximum absolute atomic E-state index is 13.5. The van der Waals surface area contributed by atoms with Crippen LogP contribution in [-0.4, -0.2) is 35.1 Å². The summed E-state index contributed by atoms with van der Waals surface area (Å²) in [6.45, 7) is 2.50. The van der Waals surface area contributed by atoms with Gasteiger partial charge in [0.05, 0.1) is 20.0 Å². The minimum Gasteiger partial charge on any atom is -0.497 e. The lowest BCUT2D eigenvalue weighted by molar-refractivity contribution is 0.0953. The fourth-order valence-electron chi connectivity index (χ4n) is 4.52. The molecule has 4 rings (SSSR count). The van der Waals surface area contributed by atoms with Crippen molar-refractivity contribution in [2.75, 3.05) is 20.8 Å². The number of hydrogen-bond acceptors (Lipinski definition) is 5. The highest BCUT2D eigenvalue weighted by molar-refractivity contribution is 7.90. The molecule has 7 heteroatoms. The van der Waals surface area contributed by atoms with Gasteiger partial charge in [-0.3, -0.25) is 4.79 Å². The van der Waals surface area contributed by atoms with Gasteiger partial charge in [0.2, 0.25) is 0 Å². The predicted molar refractivity (Wildman–Crippen MR) is 154 cm³/mol. The molecule has 0 heterocycles. The zero-order valence-corrected chi connectivity index (χ0v) is 23.3. The Morgan fingerprint density at radius 2 is 1.59 bits per heavy atom. The van der Waals surface area contributed by atoms with E-state index in [1.54, 1.807) is 43.5 Å². The second kappa shape index (κ2) is 12.6. The first-order valence-electron chi connectivity index (χ1n) is 12.8. The second-order valence-electron chi connectivity index (χ2n) is 9.35. The molecule has 1 N–H and O–H groups in total. The second-order valence-corrected chi connectivity index (χ2v) is 11.3. The fourth-order valence-corrected chi connectivity index (χ4v) is 6.06. The smallest absolute Gasteiger partial charge is 0.251 e. The minimum atomic E-state index is -3.68. The van der Waals surface area contributed by atoms with Crippen LogP contribution in [0, 0.1) is 6.92 Å². The van der Waals surface area contributed by atoms with Gasteiger partial charge in [-0.2, -0.15) is 0 Å². The van der Waals surface area contributed by atoms with Crippen molar-refractivity contribution in [1.82, 2.24) is 5.32 Å². The van der Waals surface area contributed by atoms with E-state index in [2.05, 4.69) is 5.32 Å². The molecular weight excluding hydrogens is 510 g/mol. The molecule has 6 nitrogen and oxygen atoms in total. The molecule has 0 aliphatic carbocycles. The Hall–Kier alpha value is -4.10. The van der Waals surface area contributed by atoms with Gasteiger partial charge in [-0.15, -0.1) is 0 Å². The van der Waals surface area contributed by atoms with Gasteiger partial charge in [-0.1, -0.05) is 60.7 Å². The predicted octanol–water partition coefficient (Wildman–Crippen LogP) is 6.02. The lowest BCUT2D eigenvalue weighted by atomic mass is 10.0. The van der Waals surface area contributed by atoms with Gasteiger partial charge in [0.25, 0.3) is 5.91 Å². The Balaban J connectivity index is 1.42. The van der Waals surface area contributed by atoms with Crippen LogP contribution in [0.2, 0.25) is 0 Å². The van der Waals surface area contributed by atoms with Crippen LogP contribution in [0.3, 0.4) is 0 Å². The van der Waals surface area contributed by atoms with E-state index in [-0.39, 0.29) is 16.6 Å². The van der Waals surface area contributed by atoms with Crippen molar-refractivity contribution in [2.24, 2.45) is 0 Å². The Kier molecular flexibility index (Phi) is 9.04. The molecule has 39 heavy (non-hydrogen) atoms. The molecule has 0 aliphatic rings. The maximum Gasteiger partial charge on any atom is 0.251 e. The van der Waals surface area contributed by atoms with Crippen LogP contribution in [-0.2, 0) is 22.0 Å². The van der Waals surface area contributed by atoms with E-state index in [1.807, 2.05) is 61.5 Å². The number of methoxy groups -OCH3 is 2. The van der Waals surface area contributed by atoms with E-state index in [1.165, 1.54) is 7.11 Å². The Morgan fingerprint density at radius 3 is 2.36 bits per heavy atom. The van der Waals surface area contributed by atoms with E-state index in [9.17, 15) is 13.2 Å². The van der Waals surface area contributed by atoms with Gasteiger partial charge in [0.1, 0.15) is 16.4 Å². The molecule has 1 amide bonds. The van der Waals surface area contributed by atoms with Crippen molar-refractivity contribution in [1.29, 1.82) is 0 Å². The van der Waals surface area contributed by atoms with Crippen LogP contribution in [0.1, 0.15) is 33.5 Å². The van der Waals surface area contributed by atoms with Crippen LogP contribution in [0.4, 0.5) is 0 Å². The van der Waals surface area contributed by atoms with E-state index in [0.29, 0.717) is 35.6 Å². The first-order chi connectivity index (χ1) is 18.8. The molecule has 0 aliphatic heterocycles. The zero-order chi connectivity index (χ0) is 27.8. The van der Waals surface area contributed by atoms with Gasteiger partial charge >= 0.3 is 0 Å². The molecule has 0 atom stereocenters. The van der Waals surface area contributed by atoms with Crippen molar-refractivity contribution in [3.05, 3.63) is 113 Å². The van der Waals surface area contributed by atoms with Crippen molar-refractivity contribution >= 4 is 15.7 Å². The van der Waals surface area contributed by atoms with Crippen LogP contribution in [0.15, 0.2) is 95.9 Å². The molecule has 0 fully saturated rings. The number of benzene rings is 4. The number of ether oxygens (including phenoxy) is 2. The highest BCUT2D eigenvalue weighted by Crippen LogP contribution is 2.33. The third-order valence-electron chi connectivity index (χ3n) is 6.56. The number of sulfone groups is 1. The van der Waals surface area contributed by atoms with Crippen molar-refractivity contribution in [3.63, 3.8) is 0 Å². The molecule has 0 saturated carbocycles. The molecular formula is C32H33NO5S. The topological polar surface area (TPSA) is 81.7 Å². The van der Waals surface area contributed by atoms with Gasteiger partial charge < -0.3 is 14.8 Å². The number of carbonyl (C=O) groups excluding carboxylic acids is 1. The van der Waals surface area contributed by atoms with Crippen molar-refractivity contribution < 1.29 is 22.7 Å². The quantitative estimate of drug-likeness (QED) is 0.234. The lowest BCUT2D eigenvalue weighted by Crippen LogP contribution is -2.24. The summed E-state index contributed by atoms with van der Waals surface area (Å²) in [6, 6.07) is 27.8. The Bertz CT molecular complexity index is 1560. The molecule has 202 valence electrons. The zero-order valence-electron chi connectivity index (χ0n) is 22.4. The number of carbonyl (C=O) groups is 1. The van der Waals surface area contributed by atoms with E-state index >= 15 is 0 Å². The first-order valence-corrected chi connectivity index (χ1v) is 14.4. The Morgan fingerprint density at radius 1 is 0.821 bits per heavy atom. The first kappa shape index (κ1) is 27.9. The number of rotatable bonds is 11. The maximum atomic E-state index is 13.5. The third-order valence-corrected chi connectivity index (χ3v) is 8.27. The standard InChI is InChI=1S/C32H33NO5S/c1-23-9-4-5-15-29(23)26-16-17-30(38-3)31(21-26)39(35,36)22-25-11-6-10-24(19-25)12-8-18-33-32(34)27-13-7-14-28(20-27)37-2/h4-7,9-11,13-17,19-21H,8,12,18,22H2,1-3H3,(H,33,34). The average molecular weight is 544 g/mol. The van der Waals surface area contributed by atoms with Crippen LogP contribution in [0.25, 0.3) is 11.1 Å². The van der Waals surface area contributed by atoms with Gasteiger partial charge in [0, 0.05) is 12.1 Å². The molecule has 4 aromatic rings. The molecule has 0 radical (unpaired) electrons. The number of amides is 1. The highest BCUT2D eigenvalue weighted by atomic mass is 32.2. The van der Waals surface area contributed by atoms with Gasteiger partial charge in [-0.05, 0) is 77.9 Å². The van der Waals surface area contributed by atoms with Crippen LogP contribution < -0.4 is 14.8 Å². The highest BCUT2D eigenvalue weighted by Gasteiger charge is 2.22. The van der Waals surface area contributed by atoms with Crippen molar-refractivity contribution in [2.45, 2.75) is 30.4 Å². The van der Waals surface area contributed by atoms with E-state index < -0.39 is 9.84 Å². The monoisotopic (exact) mass is 543 g/mol. The third kappa shape index (κ3) is 7.06. The number of aryl methyl sites for hydroxylation is 2. The summed E-state index contributed by atoms with van der Waals surface area (Å²) >= 11 is 0. The molecule has 0 bridgehead atoms. The van der Waals surface area contributed by atoms with E-state index in [0.717, 1.165) is 28.7 Å². The summed E-state index contributed by atoms with van der Waals surface area (Å²) in [6.07, 6.45) is 1.43. The fraction of sp³-hybridized carbons (Fsp3) is 0.219.